The number of hydrogen-bond donors (Lipinski definition) is 5. The lowest BCUT2D eigenvalue weighted by Gasteiger charge is -2.26. The number of anilines is 2. The van der Waals surface area contributed by atoms with Crippen molar-refractivity contribution >= 4 is 33.4 Å². The molecule has 3 aromatic carbocycles. The Bertz CT molecular complexity index is 1660. The zero-order valence-electron chi connectivity index (χ0n) is 35.3. The average molecular weight is 851 g/mol. The Hall–Kier alpha value is -4.13. The van der Waals surface area contributed by atoms with Crippen molar-refractivity contribution in [3.63, 3.8) is 0 Å². The van der Waals surface area contributed by atoms with Gasteiger partial charge in [0.1, 0.15) is 0 Å². The molecular formula is C43H66N2O13S. The lowest BCUT2D eigenvalue weighted by Crippen LogP contribution is -2.29. The van der Waals surface area contributed by atoms with Crippen LogP contribution in [-0.4, -0.2) is 108 Å². The van der Waals surface area contributed by atoms with Crippen LogP contribution in [0.3, 0.4) is 0 Å². The number of carbonyl (C=O) groups is 2. The van der Waals surface area contributed by atoms with Crippen molar-refractivity contribution < 1.29 is 61.6 Å². The number of aliphatic hydroxyl groups excluding tert-OH is 4. The van der Waals surface area contributed by atoms with Gasteiger partial charge in [-0.3, -0.25) is 13.8 Å². The Balaban J connectivity index is 0.000000451. The van der Waals surface area contributed by atoms with Gasteiger partial charge in [0.05, 0.1) is 65.4 Å². The fourth-order valence-corrected chi connectivity index (χ4v) is 6.15. The number of rotatable bonds is 26. The van der Waals surface area contributed by atoms with E-state index >= 15 is 0 Å². The normalized spacial score (nSPS) is 10.8. The van der Waals surface area contributed by atoms with Gasteiger partial charge >= 0.3 is 11.9 Å². The molecule has 0 atom stereocenters. The van der Waals surface area contributed by atoms with E-state index in [0.717, 1.165) is 52.0 Å². The molecule has 15 nitrogen and oxygen atoms in total. The summed E-state index contributed by atoms with van der Waals surface area (Å²) < 4.78 is 48.2. The molecular weight excluding hydrogens is 785 g/mol. The van der Waals surface area contributed by atoms with Crippen LogP contribution in [0.15, 0.2) is 65.6 Å². The van der Waals surface area contributed by atoms with Crippen LogP contribution in [0.2, 0.25) is 0 Å². The zero-order valence-corrected chi connectivity index (χ0v) is 36.1. The lowest BCUT2D eigenvalue weighted by atomic mass is 10.1. The molecule has 3 rings (SSSR count). The van der Waals surface area contributed by atoms with Gasteiger partial charge in [0.25, 0.3) is 10.1 Å². The van der Waals surface area contributed by atoms with Gasteiger partial charge in [-0.15, -0.1) is 0 Å². The van der Waals surface area contributed by atoms with Crippen LogP contribution in [0.25, 0.3) is 0 Å². The van der Waals surface area contributed by atoms with Crippen LogP contribution in [0.4, 0.5) is 11.4 Å². The maximum atomic E-state index is 11.7. The van der Waals surface area contributed by atoms with Crippen molar-refractivity contribution in [1.29, 1.82) is 0 Å². The van der Waals surface area contributed by atoms with Crippen LogP contribution in [0.5, 0.6) is 0 Å². The zero-order chi connectivity index (χ0) is 43.9. The number of ether oxygens (including phenoxy) is 4. The van der Waals surface area contributed by atoms with Gasteiger partial charge < -0.3 is 49.6 Å². The molecule has 3 aromatic rings. The first-order valence-electron chi connectivity index (χ1n) is 19.8. The van der Waals surface area contributed by atoms with E-state index < -0.39 is 10.1 Å². The summed E-state index contributed by atoms with van der Waals surface area (Å²) in [6.07, 6.45) is 3.94. The molecule has 0 aliphatic heterocycles. The number of aryl methyl sites for hydroxylation is 1. The Kier molecular flexibility index (Phi) is 28.5. The maximum Gasteiger partial charge on any atom is 0.305 e. The highest BCUT2D eigenvalue weighted by molar-refractivity contribution is 7.86. The van der Waals surface area contributed by atoms with E-state index in [1.807, 2.05) is 38.1 Å². The topological polar surface area (TPSA) is 211 Å². The monoisotopic (exact) mass is 850 g/mol. The molecule has 0 aromatic heterocycles. The molecule has 0 fully saturated rings. The summed E-state index contributed by atoms with van der Waals surface area (Å²) in [4.78, 5) is 24.5. The Morgan fingerprint density at radius 3 is 1.63 bits per heavy atom. The first kappa shape index (κ1) is 52.9. The number of aliphatic hydroxyl groups is 4. The molecule has 16 heteroatoms. The number of methoxy groups -OCH3 is 2. The van der Waals surface area contributed by atoms with Gasteiger partial charge in [-0.2, -0.15) is 8.42 Å². The predicted octanol–water partition coefficient (Wildman–Crippen LogP) is 5.02. The summed E-state index contributed by atoms with van der Waals surface area (Å²) >= 11 is 0. The largest absolute Gasteiger partial charge is 0.469 e. The Labute approximate surface area is 350 Å². The van der Waals surface area contributed by atoms with Crippen molar-refractivity contribution in [2.24, 2.45) is 0 Å². The second kappa shape index (κ2) is 31.7. The Morgan fingerprint density at radius 1 is 0.644 bits per heavy atom. The Morgan fingerprint density at radius 2 is 1.14 bits per heavy atom. The van der Waals surface area contributed by atoms with Crippen LogP contribution in [0, 0.1) is 6.92 Å². The first-order chi connectivity index (χ1) is 28.4. The van der Waals surface area contributed by atoms with Crippen molar-refractivity contribution in [1.82, 2.24) is 0 Å². The highest BCUT2D eigenvalue weighted by Gasteiger charge is 2.14. The van der Waals surface area contributed by atoms with Gasteiger partial charge in [-0.05, 0) is 91.3 Å². The summed E-state index contributed by atoms with van der Waals surface area (Å²) in [5, 5.41) is 40.1. The summed E-state index contributed by atoms with van der Waals surface area (Å²) in [5.41, 5.74) is 5.75. The van der Waals surface area contributed by atoms with E-state index in [0.29, 0.717) is 71.7 Å². The second-order valence-electron chi connectivity index (χ2n) is 13.3. The molecule has 0 amide bonds. The van der Waals surface area contributed by atoms with E-state index in [1.54, 1.807) is 24.3 Å². The van der Waals surface area contributed by atoms with Crippen molar-refractivity contribution in [2.45, 2.75) is 90.6 Å². The van der Waals surface area contributed by atoms with Crippen molar-refractivity contribution in [3.05, 3.63) is 88.5 Å². The van der Waals surface area contributed by atoms with Crippen LogP contribution >= 0.6 is 0 Å². The molecule has 5 N–H and O–H groups in total. The minimum atomic E-state index is -3.64. The van der Waals surface area contributed by atoms with E-state index in [2.05, 4.69) is 26.6 Å². The molecule has 0 saturated heterocycles. The minimum absolute atomic E-state index is 0.0518. The average Bonchev–Trinajstić information content (AvgIpc) is 3.25. The standard InChI is InChI=1S/C18H29NO5.C13H19NO4.C12H18O4S/c1-3-8-24-9-7-19(6-4-5-18(22)23-2)17-11-15(13-20)10-16(12-17)14-21;1-18-13(17)3-2-4-14-12-6-10(8-15)5-11(7-12)9-16;1-3-8-15-9-10-16-17(13,14)12-6-4-11(2)5-7-12/h10-12,20-21H,3-9,13-14H2,1-2H3;5-7,14-16H,2-4,8-9H2,1H3;4-7H,3,8-10H2,1-2H3. The molecule has 0 aliphatic carbocycles. The van der Waals surface area contributed by atoms with Crippen LogP contribution in [-0.2, 0) is 69.3 Å². The fraction of sp³-hybridized carbons (Fsp3) is 0.535. The molecule has 0 spiro atoms. The van der Waals surface area contributed by atoms with Crippen molar-refractivity contribution in [3.8, 4) is 0 Å². The summed E-state index contributed by atoms with van der Waals surface area (Å²) in [6, 6.07) is 17.5. The van der Waals surface area contributed by atoms with E-state index in [-0.39, 0.29) is 49.9 Å². The van der Waals surface area contributed by atoms with Gasteiger partial charge in [0, 0.05) is 57.1 Å². The van der Waals surface area contributed by atoms with E-state index in [9.17, 15) is 28.2 Å². The minimum Gasteiger partial charge on any atom is -0.469 e. The predicted molar refractivity (Wildman–Crippen MR) is 226 cm³/mol. The first-order valence-corrected chi connectivity index (χ1v) is 21.2. The molecule has 0 saturated carbocycles. The molecule has 332 valence electrons. The summed E-state index contributed by atoms with van der Waals surface area (Å²) in [5.74, 6) is -0.450. The third-order valence-electron chi connectivity index (χ3n) is 8.31. The van der Waals surface area contributed by atoms with Gasteiger partial charge in [0.15, 0.2) is 0 Å². The van der Waals surface area contributed by atoms with Crippen LogP contribution < -0.4 is 10.2 Å². The maximum absolute atomic E-state index is 11.7. The molecule has 0 aliphatic rings. The van der Waals surface area contributed by atoms with Gasteiger partial charge in [-0.25, -0.2) is 0 Å². The molecule has 0 bridgehead atoms. The fourth-order valence-electron chi connectivity index (χ4n) is 5.25. The molecule has 0 unspecified atom stereocenters. The number of carbonyl (C=O) groups excluding carboxylic acids is 2. The number of esters is 2. The van der Waals surface area contributed by atoms with Crippen LogP contribution in [0.1, 0.15) is 80.2 Å². The second-order valence-corrected chi connectivity index (χ2v) is 14.9. The molecule has 59 heavy (non-hydrogen) atoms. The number of benzene rings is 3. The van der Waals surface area contributed by atoms with E-state index in [1.165, 1.54) is 26.4 Å². The summed E-state index contributed by atoms with van der Waals surface area (Å²) in [6.45, 7) is 9.91. The number of nitrogens with one attached hydrogen (secondary N) is 1. The highest BCUT2D eigenvalue weighted by Crippen LogP contribution is 2.21. The number of hydrogen-bond acceptors (Lipinski definition) is 15. The van der Waals surface area contributed by atoms with Crippen molar-refractivity contribution in [2.75, 3.05) is 77.1 Å². The van der Waals surface area contributed by atoms with Gasteiger partial charge in [0.2, 0.25) is 0 Å². The van der Waals surface area contributed by atoms with Gasteiger partial charge in [-0.1, -0.05) is 43.7 Å². The molecule has 0 heterocycles. The lowest BCUT2D eigenvalue weighted by molar-refractivity contribution is -0.141. The molecule has 0 radical (unpaired) electrons. The summed E-state index contributed by atoms with van der Waals surface area (Å²) in [7, 11) is -0.889. The highest BCUT2D eigenvalue weighted by atomic mass is 32.2. The third-order valence-corrected chi connectivity index (χ3v) is 9.64. The SMILES string of the molecule is CCCOCCN(CCCC(=O)OC)c1cc(CO)cc(CO)c1.CCCOCCOS(=O)(=O)c1ccc(C)cc1.COC(=O)CCCNc1cc(CO)cc(CO)c1. The number of nitrogens with zero attached hydrogens (tertiary/aromatic N) is 1. The van der Waals surface area contributed by atoms with E-state index in [4.69, 9.17) is 23.9 Å². The quantitative estimate of drug-likeness (QED) is 0.0408. The third kappa shape index (κ3) is 23.3. The smallest absolute Gasteiger partial charge is 0.305 e.